The van der Waals surface area contributed by atoms with Crippen LogP contribution in [0.5, 0.6) is 0 Å². The van der Waals surface area contributed by atoms with Crippen LogP contribution >= 0.6 is 0 Å². The van der Waals surface area contributed by atoms with Crippen molar-refractivity contribution in [3.8, 4) is 0 Å². The number of pyridine rings is 1. The van der Waals surface area contributed by atoms with Gasteiger partial charge in [-0.25, -0.2) is 0 Å². The third-order valence-corrected chi connectivity index (χ3v) is 6.12. The number of furan rings is 1. The average molecular weight is 465 g/mol. The van der Waals surface area contributed by atoms with Crippen LogP contribution < -0.4 is 16.1 Å². The van der Waals surface area contributed by atoms with Gasteiger partial charge in [0.15, 0.2) is 6.04 Å². The fourth-order valence-corrected chi connectivity index (χ4v) is 4.17. The number of carbonyl (C=O) groups is 2. The quantitative estimate of drug-likeness (QED) is 0.624. The minimum atomic E-state index is -4.84. The first kappa shape index (κ1) is 23.1. The molecule has 0 unspecified atom stereocenters. The highest BCUT2D eigenvalue weighted by molar-refractivity contribution is 5.99. The van der Waals surface area contributed by atoms with E-state index >= 15 is 0 Å². The minimum absolute atomic E-state index is 0.00469. The van der Waals surface area contributed by atoms with E-state index in [0.29, 0.717) is 0 Å². The van der Waals surface area contributed by atoms with E-state index in [-0.39, 0.29) is 17.6 Å². The summed E-state index contributed by atoms with van der Waals surface area (Å²) in [4.78, 5) is 38.8. The Labute approximate surface area is 188 Å². The van der Waals surface area contributed by atoms with Crippen LogP contribution in [-0.2, 0) is 0 Å². The monoisotopic (exact) mass is 465 g/mol. The van der Waals surface area contributed by atoms with Crippen molar-refractivity contribution in [3.05, 3.63) is 57.9 Å². The zero-order valence-electron chi connectivity index (χ0n) is 18.0. The third-order valence-electron chi connectivity index (χ3n) is 6.12. The van der Waals surface area contributed by atoms with Crippen LogP contribution in [0.2, 0.25) is 0 Å². The van der Waals surface area contributed by atoms with Gasteiger partial charge in [-0.3, -0.25) is 14.4 Å². The standard InChI is InChI=1S/C23H26F3N3O4/c24-23(25,26)20(18-8-5-11-33-18)28-22(32)17-13-29(15-9-10-15)12-16(19(17)30)21(31)27-14-6-3-1-2-4-7-14/h5,8,11-15,20H,1-4,6-7,9-10H2,(H,27,31)(H,28,32)/t20-/m0/s1. The summed E-state index contributed by atoms with van der Waals surface area (Å²) in [6.45, 7) is 0. The number of halogens is 3. The van der Waals surface area contributed by atoms with E-state index in [2.05, 4.69) is 5.32 Å². The highest BCUT2D eigenvalue weighted by Crippen LogP contribution is 2.35. The zero-order valence-corrected chi connectivity index (χ0v) is 18.0. The van der Waals surface area contributed by atoms with Gasteiger partial charge in [0.1, 0.15) is 16.9 Å². The maximum atomic E-state index is 13.6. The Morgan fingerprint density at radius 1 is 1.00 bits per heavy atom. The van der Waals surface area contributed by atoms with Gasteiger partial charge >= 0.3 is 6.18 Å². The summed E-state index contributed by atoms with van der Waals surface area (Å²) < 4.78 is 47.1. The van der Waals surface area contributed by atoms with Gasteiger partial charge in [0.05, 0.1) is 6.26 Å². The molecule has 2 aliphatic carbocycles. The Balaban J connectivity index is 1.62. The summed E-state index contributed by atoms with van der Waals surface area (Å²) >= 11 is 0. The maximum Gasteiger partial charge on any atom is 0.415 e. The lowest BCUT2D eigenvalue weighted by Gasteiger charge is -2.20. The van der Waals surface area contributed by atoms with Crippen molar-refractivity contribution in [2.24, 2.45) is 0 Å². The molecule has 2 aromatic heterocycles. The number of nitrogens with one attached hydrogen (secondary N) is 2. The molecular weight excluding hydrogens is 439 g/mol. The molecule has 0 aromatic carbocycles. The largest absolute Gasteiger partial charge is 0.467 e. The first-order valence-electron chi connectivity index (χ1n) is 11.2. The van der Waals surface area contributed by atoms with E-state index in [1.54, 1.807) is 4.57 Å². The molecule has 0 saturated heterocycles. The highest BCUT2D eigenvalue weighted by Gasteiger charge is 2.44. The first-order chi connectivity index (χ1) is 15.7. The summed E-state index contributed by atoms with van der Waals surface area (Å²) in [5, 5.41) is 4.73. The van der Waals surface area contributed by atoms with Gasteiger partial charge in [0.2, 0.25) is 5.43 Å². The maximum absolute atomic E-state index is 13.6. The topological polar surface area (TPSA) is 93.3 Å². The molecule has 0 bridgehead atoms. The summed E-state index contributed by atoms with van der Waals surface area (Å²) in [6.07, 6.45) is 6.20. The minimum Gasteiger partial charge on any atom is -0.467 e. The first-order valence-corrected chi connectivity index (χ1v) is 11.2. The van der Waals surface area contributed by atoms with Crippen molar-refractivity contribution in [1.29, 1.82) is 0 Å². The second-order valence-electron chi connectivity index (χ2n) is 8.72. The average Bonchev–Trinajstić information content (AvgIpc) is 3.53. The van der Waals surface area contributed by atoms with Gasteiger partial charge < -0.3 is 19.6 Å². The second-order valence-corrected chi connectivity index (χ2v) is 8.72. The van der Waals surface area contributed by atoms with Crippen LogP contribution in [-0.4, -0.2) is 28.6 Å². The van der Waals surface area contributed by atoms with Gasteiger partial charge in [-0.2, -0.15) is 13.2 Å². The lowest BCUT2D eigenvalue weighted by atomic mass is 10.1. The number of hydrogen-bond donors (Lipinski definition) is 2. The molecule has 2 N–H and O–H groups in total. The number of hydrogen-bond acceptors (Lipinski definition) is 4. The number of nitrogens with zero attached hydrogens (tertiary/aromatic N) is 1. The SMILES string of the molecule is O=C(NC1CCCCCC1)c1cn(C2CC2)cc(C(=O)N[C@@H](c2ccco2)C(F)(F)F)c1=O. The van der Waals surface area contributed by atoms with Crippen molar-refractivity contribution < 1.29 is 27.2 Å². The summed E-state index contributed by atoms with van der Waals surface area (Å²) in [5.41, 5.74) is -1.63. The lowest BCUT2D eigenvalue weighted by Crippen LogP contribution is -2.42. The Hall–Kier alpha value is -3.04. The summed E-state index contributed by atoms with van der Waals surface area (Å²) in [7, 11) is 0. The normalized spacial score (nSPS) is 18.4. The van der Waals surface area contributed by atoms with Crippen molar-refractivity contribution in [1.82, 2.24) is 15.2 Å². The van der Waals surface area contributed by atoms with Crippen LogP contribution in [0.15, 0.2) is 40.0 Å². The molecule has 2 amide bonds. The predicted molar refractivity (Wildman–Crippen MR) is 113 cm³/mol. The third kappa shape index (κ3) is 5.48. The Kier molecular flexibility index (Phi) is 6.62. The van der Waals surface area contributed by atoms with Crippen LogP contribution in [0.1, 0.15) is 89.9 Å². The number of aromatic nitrogens is 1. The number of rotatable bonds is 6. The van der Waals surface area contributed by atoms with Gasteiger partial charge in [0, 0.05) is 24.5 Å². The lowest BCUT2D eigenvalue weighted by molar-refractivity contribution is -0.159. The molecule has 10 heteroatoms. The molecule has 178 valence electrons. The van der Waals surface area contributed by atoms with Crippen molar-refractivity contribution in [2.75, 3.05) is 0 Å². The Morgan fingerprint density at radius 2 is 1.64 bits per heavy atom. The van der Waals surface area contributed by atoms with Crippen molar-refractivity contribution >= 4 is 11.8 Å². The molecule has 2 heterocycles. The van der Waals surface area contributed by atoms with Gasteiger partial charge in [-0.05, 0) is 37.8 Å². The molecule has 2 fully saturated rings. The Bertz CT molecular complexity index is 1050. The molecule has 2 aromatic rings. The fourth-order valence-electron chi connectivity index (χ4n) is 4.17. The van der Waals surface area contributed by atoms with Gasteiger partial charge in [-0.1, -0.05) is 25.7 Å². The number of alkyl halides is 3. The van der Waals surface area contributed by atoms with E-state index < -0.39 is 40.8 Å². The summed E-state index contributed by atoms with van der Waals surface area (Å²) in [5.74, 6) is -2.31. The molecule has 2 saturated carbocycles. The van der Waals surface area contributed by atoms with Crippen molar-refractivity contribution in [3.63, 3.8) is 0 Å². The van der Waals surface area contributed by atoms with E-state index in [9.17, 15) is 27.6 Å². The van der Waals surface area contributed by atoms with E-state index in [4.69, 9.17) is 4.42 Å². The number of amides is 2. The molecule has 7 nitrogen and oxygen atoms in total. The molecule has 0 spiro atoms. The molecule has 0 aliphatic heterocycles. The van der Waals surface area contributed by atoms with Crippen LogP contribution in [0.4, 0.5) is 13.2 Å². The van der Waals surface area contributed by atoms with E-state index in [1.807, 2.05) is 5.32 Å². The molecule has 4 rings (SSSR count). The molecular formula is C23H26F3N3O4. The van der Waals surface area contributed by atoms with Gasteiger partial charge in [-0.15, -0.1) is 0 Å². The van der Waals surface area contributed by atoms with Crippen LogP contribution in [0.25, 0.3) is 0 Å². The number of carbonyl (C=O) groups excluding carboxylic acids is 2. The molecule has 0 radical (unpaired) electrons. The second kappa shape index (κ2) is 9.44. The van der Waals surface area contributed by atoms with Crippen LogP contribution in [0, 0.1) is 0 Å². The Morgan fingerprint density at radius 3 is 2.18 bits per heavy atom. The predicted octanol–water partition coefficient (Wildman–Crippen LogP) is 4.26. The molecule has 33 heavy (non-hydrogen) atoms. The van der Waals surface area contributed by atoms with Crippen molar-refractivity contribution in [2.45, 2.75) is 75.7 Å². The van der Waals surface area contributed by atoms with E-state index in [0.717, 1.165) is 63.7 Å². The fraction of sp³-hybridized carbons (Fsp3) is 0.522. The molecule has 1 atom stereocenters. The van der Waals surface area contributed by atoms with E-state index in [1.165, 1.54) is 18.5 Å². The van der Waals surface area contributed by atoms with Gasteiger partial charge in [0.25, 0.3) is 11.8 Å². The smallest absolute Gasteiger partial charge is 0.415 e. The summed E-state index contributed by atoms with van der Waals surface area (Å²) in [6, 6.07) is -0.113. The van der Waals surface area contributed by atoms with Crippen LogP contribution in [0.3, 0.4) is 0 Å². The highest BCUT2D eigenvalue weighted by atomic mass is 19.4. The zero-order chi connectivity index (χ0) is 23.6. The molecule has 2 aliphatic rings.